The van der Waals surface area contributed by atoms with Gasteiger partial charge >= 0.3 is 0 Å². The van der Waals surface area contributed by atoms with Gasteiger partial charge in [0, 0.05) is 18.0 Å². The van der Waals surface area contributed by atoms with Crippen LogP contribution in [0.2, 0.25) is 0 Å². The summed E-state index contributed by atoms with van der Waals surface area (Å²) in [5.74, 6) is 0.586. The van der Waals surface area contributed by atoms with Crippen LogP contribution in [-0.2, 0) is 4.79 Å². The first kappa shape index (κ1) is 18.7. The Kier molecular flexibility index (Phi) is 6.72. The summed E-state index contributed by atoms with van der Waals surface area (Å²) in [6.07, 6.45) is 0.379. The second kappa shape index (κ2) is 9.00. The lowest BCUT2D eigenvalue weighted by molar-refractivity contribution is -0.116. The minimum Gasteiger partial charge on any atom is -0.311 e. The van der Waals surface area contributed by atoms with Crippen molar-refractivity contribution in [1.82, 2.24) is 4.98 Å². The summed E-state index contributed by atoms with van der Waals surface area (Å²) in [5, 5.41) is 2.90. The molecule has 3 aromatic rings. The van der Waals surface area contributed by atoms with Gasteiger partial charge in [0.15, 0.2) is 0 Å². The second-order valence-corrected chi connectivity index (χ2v) is 5.79. The van der Waals surface area contributed by atoms with Gasteiger partial charge in [0.25, 0.3) is 0 Å². The zero-order chi connectivity index (χ0) is 16.8. The van der Waals surface area contributed by atoms with E-state index in [-0.39, 0.29) is 24.2 Å². The highest BCUT2D eigenvalue weighted by molar-refractivity contribution is 5.90. The fourth-order valence-corrected chi connectivity index (χ4v) is 2.79. The van der Waals surface area contributed by atoms with Crippen LogP contribution in [0.5, 0.6) is 0 Å². The van der Waals surface area contributed by atoms with E-state index >= 15 is 0 Å². The molecule has 0 saturated carbocycles. The fourth-order valence-electron chi connectivity index (χ4n) is 2.79. The van der Waals surface area contributed by atoms with Crippen LogP contribution < -0.4 is 5.32 Å². The number of anilines is 1. The predicted molar refractivity (Wildman–Crippen MR) is 104 cm³/mol. The zero-order valence-electron chi connectivity index (χ0n) is 14.1. The Morgan fingerprint density at radius 2 is 1.44 bits per heavy atom. The molecule has 0 aliphatic rings. The van der Waals surface area contributed by atoms with Crippen molar-refractivity contribution in [3.63, 3.8) is 0 Å². The van der Waals surface area contributed by atoms with E-state index in [0.29, 0.717) is 12.2 Å². The van der Waals surface area contributed by atoms with Crippen molar-refractivity contribution < 1.29 is 4.79 Å². The van der Waals surface area contributed by atoms with Gasteiger partial charge in [0.1, 0.15) is 5.82 Å². The number of aromatic nitrogens is 1. The first-order chi connectivity index (χ1) is 11.7. The highest BCUT2D eigenvalue weighted by Crippen LogP contribution is 2.28. The third kappa shape index (κ3) is 5.16. The number of halogens is 1. The molecule has 2 aromatic carbocycles. The molecular formula is C21H21ClN2O. The van der Waals surface area contributed by atoms with E-state index in [9.17, 15) is 4.79 Å². The molecule has 0 saturated heterocycles. The van der Waals surface area contributed by atoms with Gasteiger partial charge in [-0.25, -0.2) is 4.98 Å². The highest BCUT2D eigenvalue weighted by atomic mass is 35.5. The molecule has 4 heteroatoms. The first-order valence-electron chi connectivity index (χ1n) is 8.06. The third-order valence-electron chi connectivity index (χ3n) is 3.95. The Hall–Kier alpha value is -2.65. The smallest absolute Gasteiger partial charge is 0.226 e. The van der Waals surface area contributed by atoms with Crippen molar-refractivity contribution in [2.75, 3.05) is 5.32 Å². The van der Waals surface area contributed by atoms with E-state index in [1.165, 1.54) is 0 Å². The molecule has 0 radical (unpaired) electrons. The van der Waals surface area contributed by atoms with Crippen molar-refractivity contribution in [3.05, 3.63) is 95.7 Å². The van der Waals surface area contributed by atoms with Crippen LogP contribution in [0, 0.1) is 6.92 Å². The van der Waals surface area contributed by atoms with Crippen LogP contribution >= 0.6 is 12.4 Å². The number of hydrogen-bond acceptors (Lipinski definition) is 2. The predicted octanol–water partition coefficient (Wildman–Crippen LogP) is 4.97. The number of pyridine rings is 1. The summed E-state index contributed by atoms with van der Waals surface area (Å²) < 4.78 is 0. The van der Waals surface area contributed by atoms with E-state index in [1.54, 1.807) is 0 Å². The quantitative estimate of drug-likeness (QED) is 0.704. The molecule has 0 unspecified atom stereocenters. The summed E-state index contributed by atoms with van der Waals surface area (Å²) in [4.78, 5) is 16.9. The minimum absolute atomic E-state index is 0. The average Bonchev–Trinajstić information content (AvgIpc) is 2.61. The molecule has 0 fully saturated rings. The monoisotopic (exact) mass is 352 g/mol. The summed E-state index contributed by atoms with van der Waals surface area (Å²) in [5.41, 5.74) is 3.16. The molecular weight excluding hydrogens is 332 g/mol. The van der Waals surface area contributed by atoms with Gasteiger partial charge in [0.2, 0.25) is 5.91 Å². The zero-order valence-corrected chi connectivity index (χ0v) is 14.9. The molecule has 3 rings (SSSR count). The maximum absolute atomic E-state index is 12.5. The molecule has 0 bridgehead atoms. The molecule has 25 heavy (non-hydrogen) atoms. The van der Waals surface area contributed by atoms with Crippen molar-refractivity contribution >= 4 is 24.1 Å². The summed E-state index contributed by atoms with van der Waals surface area (Å²) in [7, 11) is 0. The molecule has 128 valence electrons. The van der Waals surface area contributed by atoms with Crippen LogP contribution in [0.4, 0.5) is 5.82 Å². The van der Waals surface area contributed by atoms with Gasteiger partial charge < -0.3 is 5.32 Å². The van der Waals surface area contributed by atoms with E-state index in [2.05, 4.69) is 34.6 Å². The summed E-state index contributed by atoms with van der Waals surface area (Å²) in [6.45, 7) is 1.91. The van der Waals surface area contributed by atoms with E-state index in [0.717, 1.165) is 16.8 Å². The molecule has 0 aliphatic carbocycles. The fraction of sp³-hybridized carbons (Fsp3) is 0.143. The number of nitrogens with zero attached hydrogens (tertiary/aromatic N) is 1. The molecule has 1 amide bonds. The summed E-state index contributed by atoms with van der Waals surface area (Å²) in [6, 6.07) is 25.9. The maximum atomic E-state index is 12.5. The SMILES string of the molecule is Cc1cccc(NC(=O)CC(c2ccccc2)c2ccccc2)n1.Cl. The molecule has 0 aliphatic heterocycles. The number of carbonyl (C=O) groups excluding carboxylic acids is 1. The van der Waals surface area contributed by atoms with Crippen LogP contribution in [0.3, 0.4) is 0 Å². The lowest BCUT2D eigenvalue weighted by atomic mass is 9.88. The molecule has 0 spiro atoms. The van der Waals surface area contributed by atoms with Crippen LogP contribution in [0.15, 0.2) is 78.9 Å². The van der Waals surface area contributed by atoms with E-state index < -0.39 is 0 Å². The van der Waals surface area contributed by atoms with Gasteiger partial charge in [-0.15, -0.1) is 12.4 Å². The maximum Gasteiger partial charge on any atom is 0.226 e. The third-order valence-corrected chi connectivity index (χ3v) is 3.95. The van der Waals surface area contributed by atoms with Crippen molar-refractivity contribution in [2.45, 2.75) is 19.3 Å². The van der Waals surface area contributed by atoms with Crippen molar-refractivity contribution in [3.8, 4) is 0 Å². The number of amides is 1. The van der Waals surface area contributed by atoms with Crippen LogP contribution in [0.1, 0.15) is 29.2 Å². The lowest BCUT2D eigenvalue weighted by Crippen LogP contribution is -2.17. The van der Waals surface area contributed by atoms with Gasteiger partial charge in [0.05, 0.1) is 0 Å². The highest BCUT2D eigenvalue weighted by Gasteiger charge is 2.18. The Morgan fingerprint density at radius 1 is 0.880 bits per heavy atom. The van der Waals surface area contributed by atoms with Crippen LogP contribution in [0.25, 0.3) is 0 Å². The first-order valence-corrected chi connectivity index (χ1v) is 8.06. The largest absolute Gasteiger partial charge is 0.311 e. The Labute approximate surface area is 154 Å². The normalized spacial score (nSPS) is 10.2. The Balaban J connectivity index is 0.00000225. The number of hydrogen-bond donors (Lipinski definition) is 1. The number of benzene rings is 2. The van der Waals surface area contributed by atoms with Gasteiger partial charge in [-0.3, -0.25) is 4.79 Å². The van der Waals surface area contributed by atoms with Gasteiger partial charge in [-0.2, -0.15) is 0 Å². The van der Waals surface area contributed by atoms with Crippen LogP contribution in [-0.4, -0.2) is 10.9 Å². The Bertz CT molecular complexity index is 767. The van der Waals surface area contributed by atoms with Gasteiger partial charge in [-0.05, 0) is 30.2 Å². The summed E-state index contributed by atoms with van der Waals surface area (Å²) >= 11 is 0. The minimum atomic E-state index is -0.0363. The number of rotatable bonds is 5. The Morgan fingerprint density at radius 3 is 1.96 bits per heavy atom. The number of carbonyl (C=O) groups is 1. The molecule has 3 nitrogen and oxygen atoms in total. The van der Waals surface area contributed by atoms with E-state index in [1.807, 2.05) is 61.5 Å². The van der Waals surface area contributed by atoms with E-state index in [4.69, 9.17) is 0 Å². The average molecular weight is 353 g/mol. The van der Waals surface area contributed by atoms with Crippen molar-refractivity contribution in [1.29, 1.82) is 0 Å². The molecule has 1 N–H and O–H groups in total. The number of nitrogens with one attached hydrogen (secondary N) is 1. The standard InChI is InChI=1S/C21H20N2O.ClH/c1-16-9-8-14-20(22-16)23-21(24)15-19(17-10-4-2-5-11-17)18-12-6-3-7-13-18;/h2-14,19H,15H2,1H3,(H,22,23,24);1H. The molecule has 0 atom stereocenters. The second-order valence-electron chi connectivity index (χ2n) is 5.79. The molecule has 1 heterocycles. The number of aryl methyl sites for hydroxylation is 1. The molecule has 1 aromatic heterocycles. The lowest BCUT2D eigenvalue weighted by Gasteiger charge is -2.17. The topological polar surface area (TPSA) is 42.0 Å². The van der Waals surface area contributed by atoms with Gasteiger partial charge in [-0.1, -0.05) is 66.7 Å². The van der Waals surface area contributed by atoms with Crippen molar-refractivity contribution in [2.24, 2.45) is 0 Å².